The highest BCUT2D eigenvalue weighted by molar-refractivity contribution is 5.60. The molecule has 0 bridgehead atoms. The first-order valence-electron chi connectivity index (χ1n) is 6.58. The highest BCUT2D eigenvalue weighted by Crippen LogP contribution is 2.32. The third-order valence-corrected chi connectivity index (χ3v) is 3.49. The van der Waals surface area contributed by atoms with E-state index >= 15 is 0 Å². The second-order valence-electron chi connectivity index (χ2n) is 4.72. The molecule has 0 aliphatic carbocycles. The summed E-state index contributed by atoms with van der Waals surface area (Å²) in [4.78, 5) is 4.48. The van der Waals surface area contributed by atoms with Crippen LogP contribution < -0.4 is 14.8 Å². The van der Waals surface area contributed by atoms with Gasteiger partial charge >= 0.3 is 0 Å². The average Bonchev–Trinajstić information content (AvgIpc) is 3.16. The van der Waals surface area contributed by atoms with Crippen molar-refractivity contribution in [3.63, 3.8) is 0 Å². The lowest BCUT2D eigenvalue weighted by Gasteiger charge is -2.07. The van der Waals surface area contributed by atoms with Gasteiger partial charge in [0.25, 0.3) is 0 Å². The highest BCUT2D eigenvalue weighted by atomic mass is 16.5. The molecule has 1 unspecified atom stereocenters. The van der Waals surface area contributed by atoms with E-state index in [0.717, 1.165) is 25.1 Å². The van der Waals surface area contributed by atoms with E-state index in [1.165, 1.54) is 0 Å². The fourth-order valence-corrected chi connectivity index (χ4v) is 2.36. The maximum absolute atomic E-state index is 5.36. The van der Waals surface area contributed by atoms with Gasteiger partial charge in [-0.05, 0) is 31.2 Å². The molecular weight excluding hydrogens is 258 g/mol. The zero-order valence-electron chi connectivity index (χ0n) is 11.5. The van der Waals surface area contributed by atoms with Crippen LogP contribution in [0.1, 0.15) is 18.2 Å². The molecule has 6 heteroatoms. The van der Waals surface area contributed by atoms with Crippen molar-refractivity contribution in [3.8, 4) is 22.9 Å². The molecule has 0 radical (unpaired) electrons. The number of ether oxygens (including phenoxy) is 2. The van der Waals surface area contributed by atoms with Gasteiger partial charge in [-0.3, -0.25) is 0 Å². The van der Waals surface area contributed by atoms with Crippen molar-refractivity contribution in [3.05, 3.63) is 24.1 Å². The maximum atomic E-state index is 5.36. The molecule has 0 amide bonds. The Morgan fingerprint density at radius 1 is 1.25 bits per heavy atom. The monoisotopic (exact) mass is 275 g/mol. The van der Waals surface area contributed by atoms with Gasteiger partial charge in [-0.25, -0.2) is 0 Å². The van der Waals surface area contributed by atoms with Gasteiger partial charge < -0.3 is 19.3 Å². The summed E-state index contributed by atoms with van der Waals surface area (Å²) in [7, 11) is 3.21. The molecule has 1 N–H and O–H groups in total. The Bertz CT molecular complexity index is 591. The van der Waals surface area contributed by atoms with E-state index in [1.54, 1.807) is 14.2 Å². The number of methoxy groups -OCH3 is 2. The largest absolute Gasteiger partial charge is 0.493 e. The van der Waals surface area contributed by atoms with Crippen molar-refractivity contribution < 1.29 is 14.0 Å². The summed E-state index contributed by atoms with van der Waals surface area (Å²) in [5, 5.41) is 7.34. The number of benzene rings is 1. The lowest BCUT2D eigenvalue weighted by atomic mass is 10.1. The molecule has 1 aliphatic rings. The molecule has 3 rings (SSSR count). The van der Waals surface area contributed by atoms with Crippen molar-refractivity contribution in [2.75, 3.05) is 27.3 Å². The van der Waals surface area contributed by atoms with Gasteiger partial charge in [-0.2, -0.15) is 4.98 Å². The summed E-state index contributed by atoms with van der Waals surface area (Å²) >= 11 is 0. The second-order valence-corrected chi connectivity index (χ2v) is 4.72. The molecule has 0 spiro atoms. The van der Waals surface area contributed by atoms with Gasteiger partial charge in [-0.15, -0.1) is 0 Å². The van der Waals surface area contributed by atoms with Crippen LogP contribution in [0.25, 0.3) is 11.4 Å². The molecule has 1 atom stereocenters. The van der Waals surface area contributed by atoms with Crippen LogP contribution in [0.3, 0.4) is 0 Å². The molecule has 1 aromatic heterocycles. The Morgan fingerprint density at radius 3 is 2.80 bits per heavy atom. The first-order valence-corrected chi connectivity index (χ1v) is 6.58. The van der Waals surface area contributed by atoms with Crippen LogP contribution in [0.2, 0.25) is 0 Å². The van der Waals surface area contributed by atoms with Gasteiger partial charge in [0.1, 0.15) is 0 Å². The first-order chi connectivity index (χ1) is 9.81. The van der Waals surface area contributed by atoms with E-state index in [-0.39, 0.29) is 0 Å². The fraction of sp³-hybridized carbons (Fsp3) is 0.429. The third kappa shape index (κ3) is 2.34. The van der Waals surface area contributed by atoms with Crippen LogP contribution in [-0.4, -0.2) is 37.4 Å². The SMILES string of the molecule is COc1ccc(-c2noc(C3CCNC3)n2)cc1OC. The normalized spacial score (nSPS) is 18.2. The molecule has 1 fully saturated rings. The summed E-state index contributed by atoms with van der Waals surface area (Å²) in [6, 6.07) is 5.57. The quantitative estimate of drug-likeness (QED) is 0.918. The smallest absolute Gasteiger partial charge is 0.231 e. The second kappa shape index (κ2) is 5.50. The van der Waals surface area contributed by atoms with E-state index in [9.17, 15) is 0 Å². The zero-order valence-corrected chi connectivity index (χ0v) is 11.5. The van der Waals surface area contributed by atoms with E-state index < -0.39 is 0 Å². The van der Waals surface area contributed by atoms with Crippen LogP contribution in [0, 0.1) is 0 Å². The Balaban J connectivity index is 1.88. The van der Waals surface area contributed by atoms with Crippen molar-refractivity contribution in [1.82, 2.24) is 15.5 Å². The minimum absolute atomic E-state index is 0.316. The van der Waals surface area contributed by atoms with E-state index in [0.29, 0.717) is 29.1 Å². The van der Waals surface area contributed by atoms with Crippen molar-refractivity contribution in [1.29, 1.82) is 0 Å². The van der Waals surface area contributed by atoms with Crippen LogP contribution >= 0.6 is 0 Å². The van der Waals surface area contributed by atoms with Crippen LogP contribution in [0.4, 0.5) is 0 Å². The van der Waals surface area contributed by atoms with Gasteiger partial charge in [-0.1, -0.05) is 5.16 Å². The number of nitrogens with one attached hydrogen (secondary N) is 1. The summed E-state index contributed by atoms with van der Waals surface area (Å²) in [6.07, 6.45) is 1.04. The number of rotatable bonds is 4. The highest BCUT2D eigenvalue weighted by Gasteiger charge is 2.23. The van der Waals surface area contributed by atoms with Gasteiger partial charge in [0.05, 0.1) is 20.1 Å². The van der Waals surface area contributed by atoms with Crippen LogP contribution in [-0.2, 0) is 0 Å². The van der Waals surface area contributed by atoms with Gasteiger partial charge in [0.15, 0.2) is 11.5 Å². The van der Waals surface area contributed by atoms with E-state index in [4.69, 9.17) is 14.0 Å². The molecule has 20 heavy (non-hydrogen) atoms. The Labute approximate surface area is 117 Å². The molecule has 2 aromatic rings. The predicted molar refractivity (Wildman–Crippen MR) is 73.1 cm³/mol. The molecule has 0 saturated carbocycles. The topological polar surface area (TPSA) is 69.4 Å². The Hall–Kier alpha value is -2.08. The molecule has 106 valence electrons. The average molecular weight is 275 g/mol. The number of nitrogens with zero attached hydrogens (tertiary/aromatic N) is 2. The minimum atomic E-state index is 0.316. The summed E-state index contributed by atoms with van der Waals surface area (Å²) in [5.74, 6) is 2.92. The lowest BCUT2D eigenvalue weighted by molar-refractivity contribution is 0.354. The molecule has 2 heterocycles. The molecule has 6 nitrogen and oxygen atoms in total. The maximum Gasteiger partial charge on any atom is 0.231 e. The fourth-order valence-electron chi connectivity index (χ4n) is 2.36. The minimum Gasteiger partial charge on any atom is -0.493 e. The Kier molecular flexibility index (Phi) is 3.56. The summed E-state index contributed by atoms with van der Waals surface area (Å²) < 4.78 is 15.9. The molecule has 1 aromatic carbocycles. The summed E-state index contributed by atoms with van der Waals surface area (Å²) in [6.45, 7) is 1.90. The van der Waals surface area contributed by atoms with Crippen LogP contribution in [0.5, 0.6) is 11.5 Å². The molecule has 1 saturated heterocycles. The van der Waals surface area contributed by atoms with Crippen molar-refractivity contribution >= 4 is 0 Å². The van der Waals surface area contributed by atoms with Crippen molar-refractivity contribution in [2.45, 2.75) is 12.3 Å². The van der Waals surface area contributed by atoms with E-state index in [1.807, 2.05) is 18.2 Å². The number of aromatic nitrogens is 2. The summed E-state index contributed by atoms with van der Waals surface area (Å²) in [5.41, 5.74) is 0.851. The number of hydrogen-bond donors (Lipinski definition) is 1. The van der Waals surface area contributed by atoms with Crippen LogP contribution in [0.15, 0.2) is 22.7 Å². The number of hydrogen-bond acceptors (Lipinski definition) is 6. The first kappa shape index (κ1) is 12.9. The predicted octanol–water partition coefficient (Wildman–Crippen LogP) is 1.83. The van der Waals surface area contributed by atoms with Gasteiger partial charge in [0.2, 0.25) is 11.7 Å². The molecular formula is C14H17N3O3. The van der Waals surface area contributed by atoms with Crippen molar-refractivity contribution in [2.24, 2.45) is 0 Å². The lowest BCUT2D eigenvalue weighted by Crippen LogP contribution is -2.08. The third-order valence-electron chi connectivity index (χ3n) is 3.49. The zero-order chi connectivity index (χ0) is 13.9. The molecule has 1 aliphatic heterocycles. The van der Waals surface area contributed by atoms with Gasteiger partial charge in [0, 0.05) is 12.1 Å². The standard InChI is InChI=1S/C14H17N3O3/c1-18-11-4-3-9(7-12(11)19-2)13-16-14(20-17-13)10-5-6-15-8-10/h3-4,7,10,15H,5-6,8H2,1-2H3. The van der Waals surface area contributed by atoms with E-state index in [2.05, 4.69) is 15.5 Å². The Morgan fingerprint density at radius 2 is 2.10 bits per heavy atom.